The molecule has 0 bridgehead atoms. The number of hydrogen-bond acceptors (Lipinski definition) is 0. The van der Waals surface area contributed by atoms with E-state index in [1.165, 1.54) is 16.7 Å². The van der Waals surface area contributed by atoms with Gasteiger partial charge in [-0.1, -0.05) is 48.6 Å². The van der Waals surface area contributed by atoms with Crippen LogP contribution in [0.1, 0.15) is 18.1 Å². The van der Waals surface area contributed by atoms with E-state index in [1.807, 2.05) is 12.2 Å². The lowest BCUT2D eigenvalue weighted by Gasteiger charge is -2.00. The van der Waals surface area contributed by atoms with Crippen molar-refractivity contribution in [2.75, 3.05) is 0 Å². The summed E-state index contributed by atoms with van der Waals surface area (Å²) in [6.07, 6.45) is 3.83. The summed E-state index contributed by atoms with van der Waals surface area (Å²) in [6, 6.07) is 8.50. The highest BCUT2D eigenvalue weighted by Gasteiger charge is 1.92. The number of benzene rings is 1. The van der Waals surface area contributed by atoms with Gasteiger partial charge in [0.05, 0.1) is 0 Å². The van der Waals surface area contributed by atoms with Gasteiger partial charge in [0.25, 0.3) is 0 Å². The molecule has 0 atom stereocenters. The van der Waals surface area contributed by atoms with E-state index < -0.39 is 0 Å². The monoisotopic (exact) mass is 158 g/mol. The molecule has 12 heavy (non-hydrogen) atoms. The largest absolute Gasteiger partial charge is 0.0991 e. The van der Waals surface area contributed by atoms with Crippen molar-refractivity contribution in [1.29, 1.82) is 0 Å². The molecule has 0 radical (unpaired) electrons. The fourth-order valence-corrected chi connectivity index (χ4v) is 1.09. The number of allylic oxidation sites excluding steroid dienone is 3. The van der Waals surface area contributed by atoms with Crippen LogP contribution < -0.4 is 0 Å². The van der Waals surface area contributed by atoms with Gasteiger partial charge in [0.2, 0.25) is 0 Å². The summed E-state index contributed by atoms with van der Waals surface area (Å²) in [5.74, 6) is 0. The van der Waals surface area contributed by atoms with Gasteiger partial charge in [-0.2, -0.15) is 0 Å². The van der Waals surface area contributed by atoms with E-state index in [0.717, 1.165) is 0 Å². The highest BCUT2D eigenvalue weighted by atomic mass is 14.0. The molecule has 0 saturated carbocycles. The lowest BCUT2D eigenvalue weighted by molar-refractivity contribution is 1.44. The Bertz CT molecular complexity index is 288. The van der Waals surface area contributed by atoms with Crippen molar-refractivity contribution in [3.63, 3.8) is 0 Å². The van der Waals surface area contributed by atoms with Gasteiger partial charge in [0, 0.05) is 0 Å². The highest BCUT2D eigenvalue weighted by molar-refractivity contribution is 5.65. The van der Waals surface area contributed by atoms with E-state index in [1.54, 1.807) is 0 Å². The Morgan fingerprint density at radius 3 is 2.33 bits per heavy atom. The lowest BCUT2D eigenvalue weighted by Crippen LogP contribution is -1.78. The topological polar surface area (TPSA) is 0 Å². The fraction of sp³-hybridized carbons (Fsp3) is 0.167. The molecule has 1 aromatic rings. The Hall–Kier alpha value is -1.30. The molecule has 1 rings (SSSR count). The van der Waals surface area contributed by atoms with Crippen LogP contribution in [0.2, 0.25) is 0 Å². The maximum Gasteiger partial charge on any atom is -0.0227 e. The van der Waals surface area contributed by atoms with Gasteiger partial charge in [-0.25, -0.2) is 0 Å². The van der Waals surface area contributed by atoms with Crippen molar-refractivity contribution in [3.05, 3.63) is 54.1 Å². The molecule has 0 aliphatic heterocycles. The van der Waals surface area contributed by atoms with Gasteiger partial charge in [-0.3, -0.25) is 0 Å². The summed E-state index contributed by atoms with van der Waals surface area (Å²) in [5.41, 5.74) is 3.82. The number of aryl methyl sites for hydroxylation is 1. The van der Waals surface area contributed by atoms with E-state index in [-0.39, 0.29) is 0 Å². The van der Waals surface area contributed by atoms with Crippen molar-refractivity contribution >= 4 is 5.57 Å². The maximum absolute atomic E-state index is 3.67. The Balaban J connectivity index is 2.97. The molecule has 0 unspecified atom stereocenters. The quantitative estimate of drug-likeness (QED) is 0.577. The molecule has 0 N–H and O–H groups in total. The molecular weight excluding hydrogens is 144 g/mol. The first-order valence-corrected chi connectivity index (χ1v) is 4.10. The molecule has 0 fully saturated rings. The lowest BCUT2D eigenvalue weighted by atomic mass is 10.1. The molecule has 0 amide bonds. The third kappa shape index (κ3) is 2.09. The van der Waals surface area contributed by atoms with E-state index in [9.17, 15) is 0 Å². The van der Waals surface area contributed by atoms with Crippen molar-refractivity contribution in [3.8, 4) is 0 Å². The zero-order valence-electron chi connectivity index (χ0n) is 7.67. The summed E-state index contributed by atoms with van der Waals surface area (Å²) in [7, 11) is 0. The van der Waals surface area contributed by atoms with Gasteiger partial charge in [0.1, 0.15) is 0 Å². The summed E-state index contributed by atoms with van der Waals surface area (Å²) in [5, 5.41) is 0. The van der Waals surface area contributed by atoms with Crippen LogP contribution in [0, 0.1) is 6.92 Å². The second kappa shape index (κ2) is 3.91. The first-order chi connectivity index (χ1) is 5.74. The van der Waals surface area contributed by atoms with Gasteiger partial charge in [0.15, 0.2) is 0 Å². The maximum atomic E-state index is 3.67. The smallest absolute Gasteiger partial charge is 0.0227 e. The predicted molar refractivity (Wildman–Crippen MR) is 55.0 cm³/mol. The van der Waals surface area contributed by atoms with Crippen LogP contribution in [0.15, 0.2) is 43.0 Å². The Labute approximate surface area is 74.2 Å². The molecule has 0 aliphatic rings. The normalized spacial score (nSPS) is 11.3. The van der Waals surface area contributed by atoms with E-state index in [4.69, 9.17) is 0 Å². The molecule has 62 valence electrons. The zero-order chi connectivity index (χ0) is 8.97. The van der Waals surface area contributed by atoms with Crippen molar-refractivity contribution in [2.45, 2.75) is 13.8 Å². The van der Waals surface area contributed by atoms with Gasteiger partial charge < -0.3 is 0 Å². The first-order valence-electron chi connectivity index (χ1n) is 4.10. The standard InChI is InChI=1S/C12H14/c1-4-5-11(3)12-8-6-10(2)7-9-12/h4-9H,1H2,2-3H3. The molecular formula is C12H14. The fourth-order valence-electron chi connectivity index (χ4n) is 1.09. The molecule has 1 aromatic carbocycles. The summed E-state index contributed by atoms with van der Waals surface area (Å²) in [4.78, 5) is 0. The third-order valence-electron chi connectivity index (χ3n) is 1.87. The van der Waals surface area contributed by atoms with Gasteiger partial charge in [-0.15, -0.1) is 0 Å². The minimum absolute atomic E-state index is 1.25. The third-order valence-corrected chi connectivity index (χ3v) is 1.87. The van der Waals surface area contributed by atoms with Gasteiger partial charge in [-0.05, 0) is 25.0 Å². The number of rotatable bonds is 2. The average molecular weight is 158 g/mol. The molecule has 0 aliphatic carbocycles. The molecule has 0 nitrogen and oxygen atoms in total. The van der Waals surface area contributed by atoms with Crippen molar-refractivity contribution in [1.82, 2.24) is 0 Å². The first kappa shape index (κ1) is 8.79. The molecule has 0 aromatic heterocycles. The van der Waals surface area contributed by atoms with Crippen molar-refractivity contribution in [2.24, 2.45) is 0 Å². The molecule has 0 saturated heterocycles. The Morgan fingerprint density at radius 2 is 1.83 bits per heavy atom. The Morgan fingerprint density at radius 1 is 1.25 bits per heavy atom. The van der Waals surface area contributed by atoms with Crippen molar-refractivity contribution < 1.29 is 0 Å². The molecule has 0 heteroatoms. The van der Waals surface area contributed by atoms with Crippen LogP contribution in [0.3, 0.4) is 0 Å². The van der Waals surface area contributed by atoms with E-state index in [0.29, 0.717) is 0 Å². The van der Waals surface area contributed by atoms with E-state index >= 15 is 0 Å². The second-order valence-electron chi connectivity index (χ2n) is 2.95. The van der Waals surface area contributed by atoms with Crippen LogP contribution in [0.4, 0.5) is 0 Å². The summed E-state index contributed by atoms with van der Waals surface area (Å²) in [6.45, 7) is 7.85. The van der Waals surface area contributed by atoms with Crippen LogP contribution in [0.5, 0.6) is 0 Å². The van der Waals surface area contributed by atoms with Crippen LogP contribution >= 0.6 is 0 Å². The molecule has 0 spiro atoms. The van der Waals surface area contributed by atoms with Gasteiger partial charge >= 0.3 is 0 Å². The highest BCUT2D eigenvalue weighted by Crippen LogP contribution is 2.13. The average Bonchev–Trinajstić information content (AvgIpc) is 2.06. The number of hydrogen-bond donors (Lipinski definition) is 0. The summed E-state index contributed by atoms with van der Waals surface area (Å²) < 4.78 is 0. The molecule has 0 heterocycles. The second-order valence-corrected chi connectivity index (χ2v) is 2.95. The Kier molecular flexibility index (Phi) is 2.87. The summed E-state index contributed by atoms with van der Waals surface area (Å²) >= 11 is 0. The minimum atomic E-state index is 1.25. The van der Waals surface area contributed by atoms with E-state index in [2.05, 4.69) is 44.7 Å². The SMILES string of the molecule is C=CC=C(C)c1ccc(C)cc1. The van der Waals surface area contributed by atoms with Crippen LogP contribution in [0.25, 0.3) is 5.57 Å². The van der Waals surface area contributed by atoms with Crippen LogP contribution in [-0.4, -0.2) is 0 Å². The zero-order valence-corrected chi connectivity index (χ0v) is 7.67. The predicted octanol–water partition coefficient (Wildman–Crippen LogP) is 3.58. The van der Waals surface area contributed by atoms with Crippen LogP contribution in [-0.2, 0) is 0 Å². The minimum Gasteiger partial charge on any atom is -0.0991 e.